The molecule has 0 unspecified atom stereocenters. The number of fused-ring (bicyclic) bond motifs is 1. The third-order valence-corrected chi connectivity index (χ3v) is 3.83. The van der Waals surface area contributed by atoms with Gasteiger partial charge in [0.2, 0.25) is 5.91 Å². The number of amides is 1. The van der Waals surface area contributed by atoms with Gasteiger partial charge < -0.3 is 15.7 Å². The smallest absolute Gasteiger partial charge is 0.228 e. The Morgan fingerprint density at radius 1 is 1.33 bits per heavy atom. The minimum atomic E-state index is -0.0189. The Balaban J connectivity index is 1.81. The molecule has 1 aliphatic rings. The van der Waals surface area contributed by atoms with Crippen LogP contribution in [0.5, 0.6) is 5.75 Å². The first-order valence-electron chi connectivity index (χ1n) is 6.67. The highest BCUT2D eigenvalue weighted by Gasteiger charge is 2.19. The van der Waals surface area contributed by atoms with Crippen LogP contribution in [0.2, 0.25) is 5.02 Å². The number of phenolic OH excluding ortho intramolecular Hbond substituents is 1. The number of anilines is 2. The van der Waals surface area contributed by atoms with E-state index < -0.39 is 0 Å². The van der Waals surface area contributed by atoms with Crippen LogP contribution in [0.4, 0.5) is 11.4 Å². The zero-order valence-electron chi connectivity index (χ0n) is 11.5. The summed E-state index contributed by atoms with van der Waals surface area (Å²) in [7, 11) is 0. The lowest BCUT2D eigenvalue weighted by molar-refractivity contribution is -0.115. The number of rotatable bonds is 3. The molecule has 1 aliphatic heterocycles. The molecule has 0 saturated heterocycles. The van der Waals surface area contributed by atoms with Gasteiger partial charge in [-0.1, -0.05) is 29.3 Å². The number of aryl methyl sites for hydroxylation is 1. The highest BCUT2D eigenvalue weighted by atomic mass is 35.5. The van der Waals surface area contributed by atoms with Crippen molar-refractivity contribution in [3.63, 3.8) is 0 Å². The highest BCUT2D eigenvalue weighted by Crippen LogP contribution is 2.33. The Labute approximate surface area is 127 Å². The van der Waals surface area contributed by atoms with Gasteiger partial charge in [0, 0.05) is 17.8 Å². The normalized spacial score (nSPS) is 13.0. The molecule has 0 aromatic heterocycles. The van der Waals surface area contributed by atoms with E-state index in [1.54, 1.807) is 12.1 Å². The first-order chi connectivity index (χ1) is 10.0. The second-order valence-corrected chi connectivity index (χ2v) is 5.61. The molecular weight excluding hydrogens is 288 g/mol. The molecule has 0 aliphatic carbocycles. The van der Waals surface area contributed by atoms with E-state index in [1.165, 1.54) is 0 Å². The predicted octanol–water partition coefficient (Wildman–Crippen LogP) is 3.46. The van der Waals surface area contributed by atoms with Gasteiger partial charge >= 0.3 is 0 Å². The molecule has 21 heavy (non-hydrogen) atoms. The van der Waals surface area contributed by atoms with Gasteiger partial charge in [-0.05, 0) is 30.7 Å². The Hall–Kier alpha value is -2.20. The van der Waals surface area contributed by atoms with Gasteiger partial charge in [-0.2, -0.15) is 0 Å². The lowest BCUT2D eigenvalue weighted by Gasteiger charge is -2.12. The fourth-order valence-corrected chi connectivity index (χ4v) is 2.66. The summed E-state index contributed by atoms with van der Waals surface area (Å²) in [4.78, 5) is 11.4. The van der Waals surface area contributed by atoms with Crippen LogP contribution in [0.25, 0.3) is 0 Å². The van der Waals surface area contributed by atoms with Crippen LogP contribution >= 0.6 is 11.6 Å². The number of phenols is 1. The molecule has 0 radical (unpaired) electrons. The summed E-state index contributed by atoms with van der Waals surface area (Å²) < 4.78 is 0. The van der Waals surface area contributed by atoms with E-state index in [-0.39, 0.29) is 11.7 Å². The lowest BCUT2D eigenvalue weighted by atomic mass is 10.1. The maximum absolute atomic E-state index is 11.4. The van der Waals surface area contributed by atoms with Gasteiger partial charge in [0.15, 0.2) is 0 Å². The number of carbonyl (C=O) groups is 1. The Bertz CT molecular complexity index is 728. The van der Waals surface area contributed by atoms with Crippen LogP contribution in [-0.2, 0) is 17.8 Å². The second kappa shape index (κ2) is 5.30. The number of carbonyl (C=O) groups excluding carboxylic acids is 1. The van der Waals surface area contributed by atoms with Crippen molar-refractivity contribution in [2.75, 3.05) is 10.6 Å². The molecular formula is C16H15ClN2O2. The van der Waals surface area contributed by atoms with Crippen molar-refractivity contribution in [1.29, 1.82) is 0 Å². The largest absolute Gasteiger partial charge is 0.508 e. The molecule has 0 bridgehead atoms. The van der Waals surface area contributed by atoms with E-state index in [9.17, 15) is 9.90 Å². The monoisotopic (exact) mass is 302 g/mol. The lowest BCUT2D eigenvalue weighted by Crippen LogP contribution is -2.03. The maximum Gasteiger partial charge on any atom is 0.228 e. The average Bonchev–Trinajstić information content (AvgIpc) is 2.78. The summed E-state index contributed by atoms with van der Waals surface area (Å²) in [5, 5.41) is 16.4. The third-order valence-electron chi connectivity index (χ3n) is 3.52. The molecule has 2 aromatic rings. The molecule has 0 spiro atoms. The van der Waals surface area contributed by atoms with E-state index in [0.717, 1.165) is 28.1 Å². The second-order valence-electron chi connectivity index (χ2n) is 5.20. The van der Waals surface area contributed by atoms with E-state index in [2.05, 4.69) is 10.6 Å². The van der Waals surface area contributed by atoms with Crippen molar-refractivity contribution in [3.05, 3.63) is 52.0 Å². The first-order valence-corrected chi connectivity index (χ1v) is 7.05. The van der Waals surface area contributed by atoms with Gasteiger partial charge in [0.1, 0.15) is 5.75 Å². The molecule has 4 nitrogen and oxygen atoms in total. The van der Waals surface area contributed by atoms with E-state index >= 15 is 0 Å². The summed E-state index contributed by atoms with van der Waals surface area (Å²) in [6.45, 7) is 2.44. The van der Waals surface area contributed by atoms with Gasteiger partial charge in [-0.15, -0.1) is 0 Å². The van der Waals surface area contributed by atoms with Crippen molar-refractivity contribution in [2.24, 2.45) is 0 Å². The van der Waals surface area contributed by atoms with E-state index in [4.69, 9.17) is 11.6 Å². The van der Waals surface area contributed by atoms with Gasteiger partial charge in [0.25, 0.3) is 0 Å². The predicted molar refractivity (Wildman–Crippen MR) is 84.0 cm³/mol. The molecule has 5 heteroatoms. The number of benzene rings is 2. The van der Waals surface area contributed by atoms with Crippen LogP contribution in [0.3, 0.4) is 0 Å². The van der Waals surface area contributed by atoms with Crippen molar-refractivity contribution in [1.82, 2.24) is 0 Å². The van der Waals surface area contributed by atoms with Crippen molar-refractivity contribution >= 4 is 28.9 Å². The Kier molecular flexibility index (Phi) is 3.47. The van der Waals surface area contributed by atoms with Crippen LogP contribution in [-0.4, -0.2) is 11.0 Å². The zero-order chi connectivity index (χ0) is 15.0. The van der Waals surface area contributed by atoms with Crippen LogP contribution in [0.15, 0.2) is 30.3 Å². The standard InChI is InChI=1S/C16H15ClN2O2/c1-9-2-3-15(20)11(4-9)8-18-14-5-10-6-16(21)19-13(10)7-12(14)17/h2-5,7,18,20H,6,8H2,1H3,(H,19,21). The minimum absolute atomic E-state index is 0.0189. The van der Waals surface area contributed by atoms with Crippen LogP contribution in [0.1, 0.15) is 16.7 Å². The average molecular weight is 303 g/mol. The highest BCUT2D eigenvalue weighted by molar-refractivity contribution is 6.33. The Morgan fingerprint density at radius 2 is 2.14 bits per heavy atom. The van der Waals surface area contributed by atoms with Crippen molar-refractivity contribution < 1.29 is 9.90 Å². The summed E-state index contributed by atoms with van der Waals surface area (Å²) in [6, 6.07) is 9.09. The van der Waals surface area contributed by atoms with Crippen LogP contribution in [0, 0.1) is 6.92 Å². The van der Waals surface area contributed by atoms with Gasteiger partial charge in [-0.25, -0.2) is 0 Å². The van der Waals surface area contributed by atoms with E-state index in [1.807, 2.05) is 25.1 Å². The zero-order valence-corrected chi connectivity index (χ0v) is 12.3. The van der Waals surface area contributed by atoms with Gasteiger partial charge in [-0.3, -0.25) is 4.79 Å². The number of nitrogens with one attached hydrogen (secondary N) is 2. The molecule has 108 valence electrons. The van der Waals surface area contributed by atoms with E-state index in [0.29, 0.717) is 18.0 Å². The molecule has 1 amide bonds. The summed E-state index contributed by atoms with van der Waals surface area (Å²) in [6.07, 6.45) is 0.372. The third kappa shape index (κ3) is 2.81. The number of halogens is 1. The fourth-order valence-electron chi connectivity index (χ4n) is 2.43. The summed E-state index contributed by atoms with van der Waals surface area (Å²) >= 11 is 6.22. The van der Waals surface area contributed by atoms with Crippen molar-refractivity contribution in [3.8, 4) is 5.75 Å². The fraction of sp³-hybridized carbons (Fsp3) is 0.188. The first kappa shape index (κ1) is 13.8. The molecule has 2 aromatic carbocycles. The van der Waals surface area contributed by atoms with Crippen molar-refractivity contribution in [2.45, 2.75) is 19.9 Å². The molecule has 1 heterocycles. The van der Waals surface area contributed by atoms with Crippen LogP contribution < -0.4 is 10.6 Å². The molecule has 0 saturated carbocycles. The quantitative estimate of drug-likeness (QED) is 0.813. The number of hydrogen-bond acceptors (Lipinski definition) is 3. The molecule has 3 N–H and O–H groups in total. The minimum Gasteiger partial charge on any atom is -0.508 e. The van der Waals surface area contributed by atoms with Gasteiger partial charge in [0.05, 0.1) is 17.1 Å². The number of hydrogen-bond donors (Lipinski definition) is 3. The summed E-state index contributed by atoms with van der Waals surface area (Å²) in [5.74, 6) is 0.233. The number of aromatic hydroxyl groups is 1. The topological polar surface area (TPSA) is 61.4 Å². The maximum atomic E-state index is 11.4. The molecule has 0 atom stereocenters. The SMILES string of the molecule is Cc1ccc(O)c(CNc2cc3c(cc2Cl)NC(=O)C3)c1. The summed E-state index contributed by atoms with van der Waals surface area (Å²) in [5.41, 5.74) is 4.35. The Morgan fingerprint density at radius 3 is 2.95 bits per heavy atom. The molecule has 0 fully saturated rings. The molecule has 3 rings (SSSR count).